The van der Waals surface area contributed by atoms with E-state index in [1.54, 1.807) is 0 Å². The quantitative estimate of drug-likeness (QED) is 0.642. The number of rotatable bonds is 9. The molecule has 116 valence electrons. The molecule has 1 rings (SSSR count). The third kappa shape index (κ3) is 4.42. The molecule has 0 aromatic rings. The van der Waals surface area contributed by atoms with Crippen LogP contribution in [-0.2, 0) is 9.53 Å². The second kappa shape index (κ2) is 8.57. The highest BCUT2D eigenvalue weighted by Crippen LogP contribution is 2.31. The molecule has 0 saturated carbocycles. The summed E-state index contributed by atoms with van der Waals surface area (Å²) in [5.41, 5.74) is 5.23. The van der Waals surface area contributed by atoms with Crippen molar-refractivity contribution in [3.63, 3.8) is 0 Å². The standard InChI is InChI=1S/C15H28N2O2S/c1-3-7-15(8-4-2,13(16)20)14(18)17-9-5-12-6-10-19-11-12/h12H,3-11H2,1-2H3,(H2,16,20)(H,17,18). The number of ether oxygens (including phenoxy) is 1. The maximum Gasteiger partial charge on any atom is 0.233 e. The number of amides is 1. The minimum absolute atomic E-state index is 0.00705. The molecule has 0 spiro atoms. The molecule has 5 heteroatoms. The Morgan fingerprint density at radius 3 is 2.50 bits per heavy atom. The minimum Gasteiger partial charge on any atom is -0.392 e. The summed E-state index contributed by atoms with van der Waals surface area (Å²) in [5, 5.41) is 3.04. The van der Waals surface area contributed by atoms with Crippen LogP contribution in [0.2, 0.25) is 0 Å². The Balaban J connectivity index is 2.55. The van der Waals surface area contributed by atoms with Crippen LogP contribution in [-0.4, -0.2) is 30.7 Å². The fourth-order valence-corrected chi connectivity index (χ4v) is 3.23. The van der Waals surface area contributed by atoms with Gasteiger partial charge in [0.25, 0.3) is 0 Å². The summed E-state index contributed by atoms with van der Waals surface area (Å²) >= 11 is 5.19. The Bertz CT molecular complexity index is 322. The molecule has 0 aromatic carbocycles. The second-order valence-corrected chi connectivity index (χ2v) is 6.16. The van der Waals surface area contributed by atoms with E-state index in [1.807, 2.05) is 0 Å². The molecule has 1 atom stereocenters. The second-order valence-electron chi connectivity index (χ2n) is 5.72. The molecule has 1 fully saturated rings. The molecule has 1 unspecified atom stereocenters. The van der Waals surface area contributed by atoms with Crippen LogP contribution in [0.25, 0.3) is 0 Å². The SMILES string of the molecule is CCCC(CCC)(C(=O)NCCC1CCOC1)C(N)=S. The van der Waals surface area contributed by atoms with Crippen molar-refractivity contribution in [1.29, 1.82) is 0 Å². The normalized spacial score (nSPS) is 19.0. The van der Waals surface area contributed by atoms with Crippen LogP contribution in [0.15, 0.2) is 0 Å². The number of carbonyl (C=O) groups is 1. The topological polar surface area (TPSA) is 64.3 Å². The van der Waals surface area contributed by atoms with E-state index < -0.39 is 5.41 Å². The van der Waals surface area contributed by atoms with Gasteiger partial charge in [0.1, 0.15) is 0 Å². The third-order valence-corrected chi connectivity index (χ3v) is 4.51. The molecule has 1 amide bonds. The van der Waals surface area contributed by atoms with Crippen LogP contribution < -0.4 is 11.1 Å². The van der Waals surface area contributed by atoms with Gasteiger partial charge < -0.3 is 15.8 Å². The van der Waals surface area contributed by atoms with Gasteiger partial charge in [-0.15, -0.1) is 0 Å². The first-order valence-electron chi connectivity index (χ1n) is 7.72. The number of carbonyl (C=O) groups excluding carboxylic acids is 1. The van der Waals surface area contributed by atoms with Crippen LogP contribution in [0.3, 0.4) is 0 Å². The molecule has 1 saturated heterocycles. The summed E-state index contributed by atoms with van der Waals surface area (Å²) in [6.45, 7) is 6.48. The lowest BCUT2D eigenvalue weighted by Crippen LogP contribution is -2.49. The number of nitrogens with one attached hydrogen (secondary N) is 1. The molecule has 1 aliphatic heterocycles. The van der Waals surface area contributed by atoms with E-state index >= 15 is 0 Å². The zero-order chi connectivity index (χ0) is 15.0. The van der Waals surface area contributed by atoms with E-state index in [0.29, 0.717) is 17.5 Å². The largest absolute Gasteiger partial charge is 0.392 e. The monoisotopic (exact) mass is 300 g/mol. The summed E-state index contributed by atoms with van der Waals surface area (Å²) in [7, 11) is 0. The average Bonchev–Trinajstić information content (AvgIpc) is 2.91. The molecule has 20 heavy (non-hydrogen) atoms. The van der Waals surface area contributed by atoms with Crippen LogP contribution in [0.4, 0.5) is 0 Å². The highest BCUT2D eigenvalue weighted by atomic mass is 32.1. The minimum atomic E-state index is -0.662. The fourth-order valence-electron chi connectivity index (χ4n) is 2.93. The van der Waals surface area contributed by atoms with E-state index in [4.69, 9.17) is 22.7 Å². The molecule has 0 aliphatic carbocycles. The highest BCUT2D eigenvalue weighted by Gasteiger charge is 2.39. The van der Waals surface area contributed by atoms with Crippen molar-refractivity contribution in [3.05, 3.63) is 0 Å². The van der Waals surface area contributed by atoms with Crippen molar-refractivity contribution in [2.75, 3.05) is 19.8 Å². The summed E-state index contributed by atoms with van der Waals surface area (Å²) in [6, 6.07) is 0. The highest BCUT2D eigenvalue weighted by molar-refractivity contribution is 7.80. The predicted octanol–water partition coefficient (Wildman–Crippen LogP) is 2.40. The number of thiocarbonyl (C=S) groups is 1. The van der Waals surface area contributed by atoms with E-state index in [9.17, 15) is 4.79 Å². The van der Waals surface area contributed by atoms with Crippen molar-refractivity contribution in [3.8, 4) is 0 Å². The average molecular weight is 300 g/mol. The van der Waals surface area contributed by atoms with Gasteiger partial charge in [0.05, 0.1) is 10.4 Å². The maximum atomic E-state index is 12.6. The van der Waals surface area contributed by atoms with Crippen molar-refractivity contribution in [1.82, 2.24) is 5.32 Å². The van der Waals surface area contributed by atoms with Gasteiger partial charge in [-0.05, 0) is 31.6 Å². The van der Waals surface area contributed by atoms with Crippen LogP contribution in [0, 0.1) is 11.3 Å². The van der Waals surface area contributed by atoms with E-state index in [1.165, 1.54) is 0 Å². The first kappa shape index (κ1) is 17.4. The molecule has 3 N–H and O–H groups in total. The summed E-state index contributed by atoms with van der Waals surface area (Å²) in [4.78, 5) is 12.9. The summed E-state index contributed by atoms with van der Waals surface area (Å²) < 4.78 is 5.34. The number of nitrogens with two attached hydrogens (primary N) is 1. The van der Waals surface area contributed by atoms with Crippen molar-refractivity contribution in [2.24, 2.45) is 17.1 Å². The lowest BCUT2D eigenvalue weighted by molar-refractivity contribution is -0.128. The lowest BCUT2D eigenvalue weighted by atomic mass is 9.78. The molecular formula is C15H28N2O2S. The predicted molar refractivity (Wildman–Crippen MR) is 85.6 cm³/mol. The smallest absolute Gasteiger partial charge is 0.233 e. The molecular weight excluding hydrogens is 272 g/mol. The molecule has 0 aromatic heterocycles. The lowest BCUT2D eigenvalue weighted by Gasteiger charge is -2.31. The van der Waals surface area contributed by atoms with E-state index in [-0.39, 0.29) is 5.91 Å². The van der Waals surface area contributed by atoms with Crippen molar-refractivity contribution >= 4 is 23.1 Å². The first-order chi connectivity index (χ1) is 9.56. The van der Waals surface area contributed by atoms with Gasteiger partial charge in [0, 0.05) is 19.8 Å². The zero-order valence-corrected chi connectivity index (χ0v) is 13.6. The zero-order valence-electron chi connectivity index (χ0n) is 12.7. The summed E-state index contributed by atoms with van der Waals surface area (Å²) in [5.74, 6) is 0.583. The van der Waals surface area contributed by atoms with Gasteiger partial charge in [-0.1, -0.05) is 38.9 Å². The Morgan fingerprint density at radius 1 is 1.40 bits per heavy atom. The van der Waals surface area contributed by atoms with Crippen LogP contribution in [0.1, 0.15) is 52.4 Å². The summed E-state index contributed by atoms with van der Waals surface area (Å²) in [6.07, 6.45) is 5.34. The Hall–Kier alpha value is -0.680. The van der Waals surface area contributed by atoms with Gasteiger partial charge >= 0.3 is 0 Å². The molecule has 1 aliphatic rings. The third-order valence-electron chi connectivity index (χ3n) is 4.12. The van der Waals surface area contributed by atoms with Gasteiger partial charge in [0.2, 0.25) is 5.91 Å². The maximum absolute atomic E-state index is 12.6. The van der Waals surface area contributed by atoms with E-state index in [2.05, 4.69) is 19.2 Å². The van der Waals surface area contributed by atoms with Gasteiger partial charge in [0.15, 0.2) is 0 Å². The van der Waals surface area contributed by atoms with Crippen LogP contribution in [0.5, 0.6) is 0 Å². The molecule has 0 bridgehead atoms. The molecule has 1 heterocycles. The molecule has 4 nitrogen and oxygen atoms in total. The number of hydrogen-bond donors (Lipinski definition) is 2. The first-order valence-corrected chi connectivity index (χ1v) is 8.13. The van der Waals surface area contributed by atoms with Crippen molar-refractivity contribution < 1.29 is 9.53 Å². The van der Waals surface area contributed by atoms with Gasteiger partial charge in [-0.2, -0.15) is 0 Å². The fraction of sp³-hybridized carbons (Fsp3) is 0.867. The van der Waals surface area contributed by atoms with Gasteiger partial charge in [-0.25, -0.2) is 0 Å². The van der Waals surface area contributed by atoms with Gasteiger partial charge in [-0.3, -0.25) is 4.79 Å². The Morgan fingerprint density at radius 2 is 2.05 bits per heavy atom. The van der Waals surface area contributed by atoms with Crippen LogP contribution >= 0.6 is 12.2 Å². The van der Waals surface area contributed by atoms with Crippen molar-refractivity contribution in [2.45, 2.75) is 52.4 Å². The number of hydrogen-bond acceptors (Lipinski definition) is 3. The Labute approximate surface area is 127 Å². The van der Waals surface area contributed by atoms with E-state index in [0.717, 1.165) is 51.7 Å². The molecule has 0 radical (unpaired) electrons. The Kier molecular flexibility index (Phi) is 7.45.